The summed E-state index contributed by atoms with van der Waals surface area (Å²) in [5.41, 5.74) is 2.59. The van der Waals surface area contributed by atoms with Crippen LogP contribution in [0.5, 0.6) is 5.75 Å². The molecule has 0 spiro atoms. The summed E-state index contributed by atoms with van der Waals surface area (Å²) in [4.78, 5) is 15.4. The average Bonchev–Trinajstić information content (AvgIpc) is 2.95. The van der Waals surface area contributed by atoms with Gasteiger partial charge in [0.05, 0.1) is 11.7 Å². The first kappa shape index (κ1) is 12.1. The lowest BCUT2D eigenvalue weighted by Crippen LogP contribution is -2.04. The summed E-state index contributed by atoms with van der Waals surface area (Å²) in [6.45, 7) is 3.39. The molecule has 0 atom stereocenters. The van der Waals surface area contributed by atoms with Crippen LogP contribution in [-0.2, 0) is 4.79 Å². The van der Waals surface area contributed by atoms with Gasteiger partial charge in [0.15, 0.2) is 0 Å². The molecule has 0 fully saturated rings. The Bertz CT molecular complexity index is 792. The van der Waals surface area contributed by atoms with Crippen molar-refractivity contribution in [2.24, 2.45) is 0 Å². The van der Waals surface area contributed by atoms with Crippen LogP contribution in [0.2, 0.25) is 0 Å². The third kappa shape index (κ3) is 2.16. The summed E-state index contributed by atoms with van der Waals surface area (Å²) in [5, 5.41) is 7.85. The lowest BCUT2D eigenvalue weighted by Gasteiger charge is -2.08. The lowest BCUT2D eigenvalue weighted by molar-refractivity contribution is -0.128. The number of nitrogens with one attached hydrogen (secondary N) is 1. The number of nitrogens with zero attached hydrogens (tertiary/aromatic N) is 2. The predicted molar refractivity (Wildman–Crippen MR) is 75.2 cm³/mol. The van der Waals surface area contributed by atoms with E-state index in [2.05, 4.69) is 21.8 Å². The van der Waals surface area contributed by atoms with Gasteiger partial charge in [-0.1, -0.05) is 12.6 Å². The number of aromatic amines is 1. The van der Waals surface area contributed by atoms with Gasteiger partial charge in [-0.2, -0.15) is 5.10 Å². The molecular formula is C15H11N3O2. The zero-order valence-electron chi connectivity index (χ0n) is 10.5. The highest BCUT2D eigenvalue weighted by atomic mass is 16.5. The molecule has 3 aromatic rings. The Hall–Kier alpha value is -2.95. The van der Waals surface area contributed by atoms with Gasteiger partial charge in [0, 0.05) is 29.4 Å². The molecule has 0 aliphatic heterocycles. The van der Waals surface area contributed by atoms with Crippen LogP contribution in [-0.4, -0.2) is 21.2 Å². The molecule has 0 unspecified atom stereocenters. The normalized spacial score (nSPS) is 10.4. The molecule has 2 heterocycles. The van der Waals surface area contributed by atoms with E-state index in [-0.39, 0.29) is 0 Å². The molecule has 0 aliphatic carbocycles. The van der Waals surface area contributed by atoms with E-state index >= 15 is 0 Å². The minimum Gasteiger partial charge on any atom is -0.423 e. The van der Waals surface area contributed by atoms with Crippen molar-refractivity contribution in [3.05, 3.63) is 55.5 Å². The average molecular weight is 265 g/mol. The zero-order valence-corrected chi connectivity index (χ0v) is 10.5. The van der Waals surface area contributed by atoms with E-state index in [0.717, 1.165) is 28.1 Å². The van der Waals surface area contributed by atoms with Crippen LogP contribution in [0.1, 0.15) is 0 Å². The van der Waals surface area contributed by atoms with Gasteiger partial charge in [-0.25, -0.2) is 4.79 Å². The molecule has 1 N–H and O–H groups in total. The smallest absolute Gasteiger partial charge is 0.335 e. The summed E-state index contributed by atoms with van der Waals surface area (Å²) in [6, 6.07) is 7.45. The number of H-pyrrole nitrogens is 1. The van der Waals surface area contributed by atoms with Gasteiger partial charge in [0.1, 0.15) is 5.75 Å². The predicted octanol–water partition coefficient (Wildman–Crippen LogP) is 2.72. The number of hydrogen-bond donors (Lipinski definition) is 1. The first-order valence-corrected chi connectivity index (χ1v) is 5.99. The number of ether oxygens (including phenoxy) is 1. The van der Waals surface area contributed by atoms with Crippen molar-refractivity contribution < 1.29 is 9.53 Å². The van der Waals surface area contributed by atoms with Crippen LogP contribution < -0.4 is 4.74 Å². The largest absolute Gasteiger partial charge is 0.423 e. The van der Waals surface area contributed by atoms with Crippen LogP contribution in [0.3, 0.4) is 0 Å². The van der Waals surface area contributed by atoms with Gasteiger partial charge in [0.2, 0.25) is 0 Å². The van der Waals surface area contributed by atoms with Crippen molar-refractivity contribution in [2.75, 3.05) is 0 Å². The maximum Gasteiger partial charge on any atom is 0.335 e. The van der Waals surface area contributed by atoms with Crippen molar-refractivity contribution in [2.45, 2.75) is 0 Å². The van der Waals surface area contributed by atoms with E-state index in [1.54, 1.807) is 24.7 Å². The number of carbonyl (C=O) groups excluding carboxylic acids is 1. The van der Waals surface area contributed by atoms with Crippen molar-refractivity contribution in [3.63, 3.8) is 0 Å². The SMILES string of the molecule is C=CC(=O)Oc1ccncc1-c1ccc2[nH]ncc2c1. The number of fused-ring (bicyclic) bond motifs is 1. The number of esters is 1. The molecule has 0 bridgehead atoms. The number of rotatable bonds is 3. The minimum atomic E-state index is -0.498. The molecule has 5 nitrogen and oxygen atoms in total. The van der Waals surface area contributed by atoms with E-state index in [4.69, 9.17) is 4.74 Å². The van der Waals surface area contributed by atoms with Gasteiger partial charge in [-0.05, 0) is 23.8 Å². The molecule has 0 saturated heterocycles. The third-order valence-electron chi connectivity index (χ3n) is 2.91. The van der Waals surface area contributed by atoms with Crippen LogP contribution in [0, 0.1) is 0 Å². The topological polar surface area (TPSA) is 67.9 Å². The second kappa shape index (κ2) is 4.97. The Balaban J connectivity index is 2.08. The van der Waals surface area contributed by atoms with Crippen molar-refractivity contribution >= 4 is 16.9 Å². The summed E-state index contributed by atoms with van der Waals surface area (Å²) in [6.07, 6.45) is 6.10. The van der Waals surface area contributed by atoms with Crippen LogP contribution in [0.15, 0.2) is 55.5 Å². The molecule has 1 aromatic carbocycles. The quantitative estimate of drug-likeness (QED) is 0.584. The number of hydrogen-bond acceptors (Lipinski definition) is 4. The second-order valence-corrected chi connectivity index (χ2v) is 4.17. The van der Waals surface area contributed by atoms with Gasteiger partial charge in [-0.15, -0.1) is 0 Å². The number of carbonyl (C=O) groups is 1. The third-order valence-corrected chi connectivity index (χ3v) is 2.91. The molecule has 0 saturated carbocycles. The highest BCUT2D eigenvalue weighted by Crippen LogP contribution is 2.30. The van der Waals surface area contributed by atoms with E-state index < -0.39 is 5.97 Å². The molecule has 0 aliphatic rings. The number of aromatic nitrogens is 3. The summed E-state index contributed by atoms with van der Waals surface area (Å²) in [5.74, 6) is -0.0467. The first-order chi connectivity index (χ1) is 9.78. The first-order valence-electron chi connectivity index (χ1n) is 5.99. The Morgan fingerprint density at radius 1 is 1.30 bits per heavy atom. The summed E-state index contributed by atoms with van der Waals surface area (Å²) >= 11 is 0. The lowest BCUT2D eigenvalue weighted by atomic mass is 10.1. The Morgan fingerprint density at radius 3 is 3.05 bits per heavy atom. The molecule has 0 radical (unpaired) electrons. The molecule has 3 rings (SSSR count). The Kier molecular flexibility index (Phi) is 3.01. The van der Waals surface area contributed by atoms with Crippen molar-refractivity contribution in [1.82, 2.24) is 15.2 Å². The van der Waals surface area contributed by atoms with Gasteiger partial charge in [0.25, 0.3) is 0 Å². The van der Waals surface area contributed by atoms with Crippen molar-refractivity contribution in [1.29, 1.82) is 0 Å². The fourth-order valence-corrected chi connectivity index (χ4v) is 1.95. The van der Waals surface area contributed by atoms with Crippen LogP contribution in [0.25, 0.3) is 22.0 Å². The number of pyridine rings is 1. The van der Waals surface area contributed by atoms with E-state index in [1.165, 1.54) is 0 Å². The maximum atomic E-state index is 11.4. The van der Waals surface area contributed by atoms with Crippen LogP contribution >= 0.6 is 0 Å². The number of benzene rings is 1. The molecular weight excluding hydrogens is 254 g/mol. The molecule has 2 aromatic heterocycles. The molecule has 0 amide bonds. The zero-order chi connectivity index (χ0) is 13.9. The highest BCUT2D eigenvalue weighted by Gasteiger charge is 2.10. The van der Waals surface area contributed by atoms with Gasteiger partial charge >= 0.3 is 5.97 Å². The molecule has 98 valence electrons. The van der Waals surface area contributed by atoms with E-state index in [0.29, 0.717) is 5.75 Å². The maximum absolute atomic E-state index is 11.4. The van der Waals surface area contributed by atoms with Crippen molar-refractivity contribution in [3.8, 4) is 16.9 Å². The Morgan fingerprint density at radius 2 is 2.20 bits per heavy atom. The Labute approximate surface area is 114 Å². The molecule has 20 heavy (non-hydrogen) atoms. The summed E-state index contributed by atoms with van der Waals surface area (Å²) in [7, 11) is 0. The van der Waals surface area contributed by atoms with Crippen LogP contribution in [0.4, 0.5) is 0 Å². The van der Waals surface area contributed by atoms with Gasteiger partial charge < -0.3 is 4.74 Å². The standard InChI is InChI=1S/C15H11N3O2/c1-2-15(19)20-14-5-6-16-9-12(14)10-3-4-13-11(7-10)8-17-18-13/h2-9H,1H2,(H,17,18). The summed E-state index contributed by atoms with van der Waals surface area (Å²) < 4.78 is 5.22. The van der Waals surface area contributed by atoms with E-state index in [1.807, 2.05) is 18.2 Å². The monoisotopic (exact) mass is 265 g/mol. The van der Waals surface area contributed by atoms with Gasteiger partial charge in [-0.3, -0.25) is 10.1 Å². The highest BCUT2D eigenvalue weighted by molar-refractivity contribution is 5.88. The fourth-order valence-electron chi connectivity index (χ4n) is 1.95. The second-order valence-electron chi connectivity index (χ2n) is 4.17. The van der Waals surface area contributed by atoms with E-state index in [9.17, 15) is 4.79 Å². The molecule has 5 heteroatoms. The fraction of sp³-hybridized carbons (Fsp3) is 0. The minimum absolute atomic E-state index is 0.452.